The van der Waals surface area contributed by atoms with Gasteiger partial charge in [0, 0.05) is 12.5 Å². The minimum absolute atomic E-state index is 0.182. The second kappa shape index (κ2) is 4.64. The SMILES string of the molecule is CC(=O)O/C=C(\C)c1cc(C)ccc1O. The maximum Gasteiger partial charge on any atom is 0.307 e. The van der Waals surface area contributed by atoms with Gasteiger partial charge in [-0.2, -0.15) is 0 Å². The summed E-state index contributed by atoms with van der Waals surface area (Å²) in [6.07, 6.45) is 1.34. The summed E-state index contributed by atoms with van der Waals surface area (Å²) in [7, 11) is 0. The number of hydrogen-bond donors (Lipinski definition) is 1. The number of esters is 1. The highest BCUT2D eigenvalue weighted by Crippen LogP contribution is 2.25. The Morgan fingerprint density at radius 3 is 2.67 bits per heavy atom. The van der Waals surface area contributed by atoms with Gasteiger partial charge in [-0.25, -0.2) is 0 Å². The summed E-state index contributed by atoms with van der Waals surface area (Å²) in [5.41, 5.74) is 2.43. The molecule has 0 heterocycles. The average molecular weight is 206 g/mol. The molecule has 0 fully saturated rings. The number of aryl methyl sites for hydroxylation is 1. The van der Waals surface area contributed by atoms with Crippen LogP contribution in [0.5, 0.6) is 5.75 Å². The van der Waals surface area contributed by atoms with E-state index in [0.29, 0.717) is 11.1 Å². The molecule has 0 radical (unpaired) electrons. The van der Waals surface area contributed by atoms with Gasteiger partial charge in [0.05, 0.1) is 6.26 Å². The maximum absolute atomic E-state index is 10.6. The molecule has 0 saturated heterocycles. The van der Waals surface area contributed by atoms with Crippen molar-refractivity contribution in [2.24, 2.45) is 0 Å². The van der Waals surface area contributed by atoms with E-state index in [1.807, 2.05) is 19.1 Å². The van der Waals surface area contributed by atoms with E-state index >= 15 is 0 Å². The number of hydrogen-bond acceptors (Lipinski definition) is 3. The summed E-state index contributed by atoms with van der Waals surface area (Å²) >= 11 is 0. The topological polar surface area (TPSA) is 46.5 Å². The average Bonchev–Trinajstić information content (AvgIpc) is 2.18. The van der Waals surface area contributed by atoms with Crippen molar-refractivity contribution in [2.45, 2.75) is 20.8 Å². The van der Waals surface area contributed by atoms with Gasteiger partial charge in [0.15, 0.2) is 0 Å². The molecule has 0 unspecified atom stereocenters. The number of carbonyl (C=O) groups is 1. The summed E-state index contributed by atoms with van der Waals surface area (Å²) in [4.78, 5) is 10.6. The van der Waals surface area contributed by atoms with Crippen molar-refractivity contribution in [2.75, 3.05) is 0 Å². The lowest BCUT2D eigenvalue weighted by Crippen LogP contribution is -1.92. The molecule has 1 aromatic carbocycles. The van der Waals surface area contributed by atoms with Crippen LogP contribution < -0.4 is 0 Å². The molecule has 0 atom stereocenters. The van der Waals surface area contributed by atoms with Crippen LogP contribution in [0.15, 0.2) is 24.5 Å². The predicted molar refractivity (Wildman–Crippen MR) is 58.3 cm³/mol. The Kier molecular flexibility index (Phi) is 3.50. The largest absolute Gasteiger partial charge is 0.507 e. The predicted octanol–water partition coefficient (Wildman–Crippen LogP) is 2.62. The smallest absolute Gasteiger partial charge is 0.307 e. The van der Waals surface area contributed by atoms with Gasteiger partial charge in [-0.05, 0) is 31.6 Å². The van der Waals surface area contributed by atoms with Crippen LogP contribution in [0.25, 0.3) is 5.57 Å². The molecule has 0 bridgehead atoms. The first-order chi connectivity index (χ1) is 7.00. The monoisotopic (exact) mass is 206 g/mol. The van der Waals surface area contributed by atoms with Crippen molar-refractivity contribution in [1.29, 1.82) is 0 Å². The van der Waals surface area contributed by atoms with E-state index in [9.17, 15) is 9.90 Å². The van der Waals surface area contributed by atoms with Crippen LogP contribution in [0, 0.1) is 6.92 Å². The van der Waals surface area contributed by atoms with Crippen LogP contribution in [-0.2, 0) is 9.53 Å². The van der Waals surface area contributed by atoms with Crippen LogP contribution in [0.3, 0.4) is 0 Å². The Labute approximate surface area is 89.0 Å². The molecule has 1 N–H and O–H groups in total. The maximum atomic E-state index is 10.6. The molecule has 1 aromatic rings. The van der Waals surface area contributed by atoms with Gasteiger partial charge in [0.1, 0.15) is 5.75 Å². The summed E-state index contributed by atoms with van der Waals surface area (Å²) in [5, 5.41) is 9.59. The fraction of sp³-hybridized carbons (Fsp3) is 0.250. The fourth-order valence-corrected chi connectivity index (χ4v) is 1.20. The third-order valence-electron chi connectivity index (χ3n) is 1.98. The molecule has 0 aliphatic heterocycles. The van der Waals surface area contributed by atoms with Crippen molar-refractivity contribution in [1.82, 2.24) is 0 Å². The molecule has 0 aromatic heterocycles. The molecular formula is C12H14O3. The number of phenols is 1. The quantitative estimate of drug-likeness (QED) is 0.597. The van der Waals surface area contributed by atoms with E-state index in [0.717, 1.165) is 5.56 Å². The molecule has 3 heteroatoms. The standard InChI is InChI=1S/C12H14O3/c1-8-4-5-12(14)11(6-8)9(2)7-15-10(3)13/h4-7,14H,1-3H3/b9-7+. The molecule has 0 aliphatic carbocycles. The zero-order valence-electron chi connectivity index (χ0n) is 9.07. The van der Waals surface area contributed by atoms with Crippen molar-refractivity contribution in [3.05, 3.63) is 35.6 Å². The highest BCUT2D eigenvalue weighted by Gasteiger charge is 2.03. The third kappa shape index (κ3) is 3.13. The molecule has 3 nitrogen and oxygen atoms in total. The summed E-state index contributed by atoms with van der Waals surface area (Å²) in [6.45, 7) is 5.04. The van der Waals surface area contributed by atoms with Crippen molar-refractivity contribution >= 4 is 11.5 Å². The molecule has 80 valence electrons. The lowest BCUT2D eigenvalue weighted by molar-refractivity contribution is -0.135. The molecular weight excluding hydrogens is 192 g/mol. The number of carbonyl (C=O) groups excluding carboxylic acids is 1. The van der Waals surface area contributed by atoms with Crippen LogP contribution >= 0.6 is 0 Å². The first-order valence-corrected chi connectivity index (χ1v) is 4.64. The molecule has 0 saturated carbocycles. The number of aromatic hydroxyl groups is 1. The van der Waals surface area contributed by atoms with Gasteiger partial charge in [0.25, 0.3) is 0 Å². The summed E-state index contributed by atoms with van der Waals surface area (Å²) in [5.74, 6) is -0.192. The normalized spacial score (nSPS) is 11.3. The first kappa shape index (κ1) is 11.3. The Morgan fingerprint density at radius 1 is 1.40 bits per heavy atom. The molecule has 0 aliphatic rings. The summed E-state index contributed by atoms with van der Waals surface area (Å²) in [6, 6.07) is 5.28. The van der Waals surface area contributed by atoms with Gasteiger partial charge >= 0.3 is 5.97 Å². The van der Waals surface area contributed by atoms with Crippen LogP contribution in [-0.4, -0.2) is 11.1 Å². The Hall–Kier alpha value is -1.77. The third-order valence-corrected chi connectivity index (χ3v) is 1.98. The van der Waals surface area contributed by atoms with Crippen molar-refractivity contribution < 1.29 is 14.6 Å². The minimum Gasteiger partial charge on any atom is -0.507 e. The van der Waals surface area contributed by atoms with Gasteiger partial charge < -0.3 is 9.84 Å². The van der Waals surface area contributed by atoms with Crippen molar-refractivity contribution in [3.63, 3.8) is 0 Å². The number of ether oxygens (including phenoxy) is 1. The number of phenolic OH excluding ortho intramolecular Hbond substituents is 1. The lowest BCUT2D eigenvalue weighted by atomic mass is 10.1. The van der Waals surface area contributed by atoms with Crippen LogP contribution in [0.1, 0.15) is 25.0 Å². The van der Waals surface area contributed by atoms with Crippen LogP contribution in [0.2, 0.25) is 0 Å². The van der Waals surface area contributed by atoms with Gasteiger partial charge in [-0.15, -0.1) is 0 Å². The summed E-state index contributed by atoms with van der Waals surface area (Å²) < 4.78 is 4.74. The van der Waals surface area contributed by atoms with E-state index in [-0.39, 0.29) is 11.7 Å². The highest BCUT2D eigenvalue weighted by atomic mass is 16.5. The number of benzene rings is 1. The van der Waals surface area contributed by atoms with Gasteiger partial charge in [0.2, 0.25) is 0 Å². The second-order valence-electron chi connectivity index (χ2n) is 3.43. The molecule has 1 rings (SSSR count). The Balaban J connectivity index is 2.99. The molecule has 0 amide bonds. The van der Waals surface area contributed by atoms with Crippen LogP contribution in [0.4, 0.5) is 0 Å². The van der Waals surface area contributed by atoms with E-state index < -0.39 is 0 Å². The van der Waals surface area contributed by atoms with E-state index in [4.69, 9.17) is 4.74 Å². The lowest BCUT2D eigenvalue weighted by Gasteiger charge is -2.05. The van der Waals surface area contributed by atoms with E-state index in [1.165, 1.54) is 13.2 Å². The second-order valence-corrected chi connectivity index (χ2v) is 3.43. The fourth-order valence-electron chi connectivity index (χ4n) is 1.20. The minimum atomic E-state index is -0.374. The first-order valence-electron chi connectivity index (χ1n) is 4.64. The van der Waals surface area contributed by atoms with E-state index in [1.54, 1.807) is 13.0 Å². The zero-order valence-corrected chi connectivity index (χ0v) is 9.07. The molecule has 0 spiro atoms. The Morgan fingerprint density at radius 2 is 2.07 bits per heavy atom. The van der Waals surface area contributed by atoms with Gasteiger partial charge in [-0.1, -0.05) is 11.6 Å². The molecule has 15 heavy (non-hydrogen) atoms. The number of rotatable bonds is 2. The Bertz CT molecular complexity index is 405. The van der Waals surface area contributed by atoms with E-state index in [2.05, 4.69) is 0 Å². The van der Waals surface area contributed by atoms with Gasteiger partial charge in [-0.3, -0.25) is 4.79 Å². The van der Waals surface area contributed by atoms with Crippen molar-refractivity contribution in [3.8, 4) is 5.75 Å². The number of allylic oxidation sites excluding steroid dienone is 1. The zero-order chi connectivity index (χ0) is 11.4. The highest BCUT2D eigenvalue weighted by molar-refractivity contribution is 5.72.